The number of hydrogen-bond donors (Lipinski definition) is 1. The Hall–Kier alpha value is -1.32. The van der Waals surface area contributed by atoms with Gasteiger partial charge in [-0.3, -0.25) is 0 Å². The maximum absolute atomic E-state index is 5.55. The summed E-state index contributed by atoms with van der Waals surface area (Å²) in [5.74, 6) is 0.955. The van der Waals surface area contributed by atoms with Crippen molar-refractivity contribution in [1.29, 1.82) is 0 Å². The van der Waals surface area contributed by atoms with Crippen LogP contribution in [0.5, 0.6) is 5.75 Å². The second-order valence-electron chi connectivity index (χ2n) is 4.67. The van der Waals surface area contributed by atoms with Gasteiger partial charge in [0.05, 0.1) is 13.2 Å². The minimum Gasteiger partial charge on any atom is -0.496 e. The lowest BCUT2D eigenvalue weighted by Crippen LogP contribution is -2.22. The van der Waals surface area contributed by atoms with Crippen molar-refractivity contribution >= 4 is 11.3 Å². The summed E-state index contributed by atoms with van der Waals surface area (Å²) < 4.78 is 5.55. The van der Waals surface area contributed by atoms with Gasteiger partial charge in [0.25, 0.3) is 0 Å². The van der Waals surface area contributed by atoms with Crippen LogP contribution in [0.4, 0.5) is 0 Å². The SMILES string of the molecule is CCNC(c1ccc(C)cc1OC)c1ccsc1C. The number of ether oxygens (including phenoxy) is 1. The number of methoxy groups -OCH3 is 1. The fourth-order valence-corrected chi connectivity index (χ4v) is 3.08. The highest BCUT2D eigenvalue weighted by Crippen LogP contribution is 2.33. The average molecular weight is 275 g/mol. The van der Waals surface area contributed by atoms with E-state index in [1.165, 1.54) is 21.6 Å². The van der Waals surface area contributed by atoms with Crippen molar-refractivity contribution in [2.24, 2.45) is 0 Å². The Bertz CT molecular complexity index is 547. The van der Waals surface area contributed by atoms with E-state index in [-0.39, 0.29) is 6.04 Å². The van der Waals surface area contributed by atoms with Gasteiger partial charge in [0.15, 0.2) is 0 Å². The Morgan fingerprint density at radius 1 is 1.21 bits per heavy atom. The number of aryl methyl sites for hydroxylation is 2. The lowest BCUT2D eigenvalue weighted by Gasteiger charge is -2.21. The van der Waals surface area contributed by atoms with Crippen LogP contribution in [0.3, 0.4) is 0 Å². The minimum absolute atomic E-state index is 0.201. The predicted molar refractivity (Wildman–Crippen MR) is 82.3 cm³/mol. The van der Waals surface area contributed by atoms with Crippen LogP contribution < -0.4 is 10.1 Å². The summed E-state index contributed by atoms with van der Waals surface area (Å²) in [7, 11) is 1.74. The van der Waals surface area contributed by atoms with Crippen molar-refractivity contribution in [3.8, 4) is 5.75 Å². The maximum Gasteiger partial charge on any atom is 0.124 e. The monoisotopic (exact) mass is 275 g/mol. The summed E-state index contributed by atoms with van der Waals surface area (Å²) >= 11 is 1.79. The maximum atomic E-state index is 5.55. The first-order chi connectivity index (χ1) is 9.17. The van der Waals surface area contributed by atoms with E-state index in [4.69, 9.17) is 4.74 Å². The molecule has 2 aromatic rings. The van der Waals surface area contributed by atoms with E-state index in [2.05, 4.69) is 55.7 Å². The molecule has 3 heteroatoms. The summed E-state index contributed by atoms with van der Waals surface area (Å²) in [4.78, 5) is 1.36. The zero-order valence-electron chi connectivity index (χ0n) is 12.0. The van der Waals surface area contributed by atoms with Gasteiger partial charge in [0, 0.05) is 10.4 Å². The summed E-state index contributed by atoms with van der Waals surface area (Å²) in [6.45, 7) is 7.32. The van der Waals surface area contributed by atoms with Crippen LogP contribution in [0.15, 0.2) is 29.6 Å². The molecule has 0 aliphatic rings. The fourth-order valence-electron chi connectivity index (χ4n) is 2.34. The van der Waals surface area contributed by atoms with Crippen LogP contribution >= 0.6 is 11.3 Å². The van der Waals surface area contributed by atoms with Crippen molar-refractivity contribution in [3.63, 3.8) is 0 Å². The number of nitrogens with one attached hydrogen (secondary N) is 1. The molecule has 0 radical (unpaired) electrons. The van der Waals surface area contributed by atoms with E-state index < -0.39 is 0 Å². The number of hydrogen-bond acceptors (Lipinski definition) is 3. The Morgan fingerprint density at radius 2 is 2.00 bits per heavy atom. The van der Waals surface area contributed by atoms with Gasteiger partial charge in [0.1, 0.15) is 5.75 Å². The molecule has 0 amide bonds. The molecular formula is C16H21NOS. The Morgan fingerprint density at radius 3 is 2.58 bits per heavy atom. The summed E-state index contributed by atoms with van der Waals surface area (Å²) in [6, 6.07) is 8.81. The van der Waals surface area contributed by atoms with Crippen LogP contribution in [0.1, 0.15) is 34.5 Å². The Balaban J connectivity index is 2.48. The third-order valence-corrected chi connectivity index (χ3v) is 4.18. The van der Waals surface area contributed by atoms with Crippen LogP contribution in [0.25, 0.3) is 0 Å². The van der Waals surface area contributed by atoms with Gasteiger partial charge >= 0.3 is 0 Å². The van der Waals surface area contributed by atoms with Gasteiger partial charge in [0.2, 0.25) is 0 Å². The molecular weight excluding hydrogens is 254 g/mol. The predicted octanol–water partition coefficient (Wildman–Crippen LogP) is 4.07. The highest BCUT2D eigenvalue weighted by Gasteiger charge is 2.19. The molecule has 0 spiro atoms. The summed E-state index contributed by atoms with van der Waals surface area (Å²) in [6.07, 6.45) is 0. The molecule has 1 atom stereocenters. The molecule has 0 aliphatic carbocycles. The molecule has 19 heavy (non-hydrogen) atoms. The van der Waals surface area contributed by atoms with Gasteiger partial charge in [-0.15, -0.1) is 11.3 Å². The largest absolute Gasteiger partial charge is 0.496 e. The number of rotatable bonds is 5. The third-order valence-electron chi connectivity index (χ3n) is 3.32. The minimum atomic E-state index is 0.201. The lowest BCUT2D eigenvalue weighted by atomic mass is 9.97. The van der Waals surface area contributed by atoms with Gasteiger partial charge in [-0.1, -0.05) is 19.1 Å². The van der Waals surface area contributed by atoms with Gasteiger partial charge in [-0.05, 0) is 49.0 Å². The first-order valence-corrected chi connectivity index (χ1v) is 7.47. The second-order valence-corrected chi connectivity index (χ2v) is 5.79. The molecule has 1 aromatic carbocycles. The molecule has 1 N–H and O–H groups in total. The Labute approximate surface area is 119 Å². The molecule has 0 aliphatic heterocycles. The van der Waals surface area contributed by atoms with E-state index in [0.29, 0.717) is 0 Å². The zero-order valence-corrected chi connectivity index (χ0v) is 12.8. The van der Waals surface area contributed by atoms with Crippen LogP contribution in [-0.4, -0.2) is 13.7 Å². The fraction of sp³-hybridized carbons (Fsp3) is 0.375. The van der Waals surface area contributed by atoms with E-state index >= 15 is 0 Å². The summed E-state index contributed by atoms with van der Waals surface area (Å²) in [5, 5.41) is 5.71. The van der Waals surface area contributed by atoms with E-state index in [0.717, 1.165) is 12.3 Å². The molecule has 0 saturated carbocycles. The third kappa shape index (κ3) is 2.99. The van der Waals surface area contributed by atoms with Crippen LogP contribution in [-0.2, 0) is 0 Å². The quantitative estimate of drug-likeness (QED) is 0.888. The molecule has 1 unspecified atom stereocenters. The lowest BCUT2D eigenvalue weighted by molar-refractivity contribution is 0.404. The molecule has 2 rings (SSSR count). The van der Waals surface area contributed by atoms with Crippen molar-refractivity contribution in [3.05, 3.63) is 51.2 Å². The summed E-state index contributed by atoms with van der Waals surface area (Å²) in [5.41, 5.74) is 3.77. The van der Waals surface area contributed by atoms with Crippen molar-refractivity contribution < 1.29 is 4.74 Å². The van der Waals surface area contributed by atoms with E-state index in [9.17, 15) is 0 Å². The topological polar surface area (TPSA) is 21.3 Å². The van der Waals surface area contributed by atoms with Gasteiger partial charge in [-0.2, -0.15) is 0 Å². The molecule has 2 nitrogen and oxygen atoms in total. The zero-order chi connectivity index (χ0) is 13.8. The normalized spacial score (nSPS) is 12.4. The first-order valence-electron chi connectivity index (χ1n) is 6.59. The highest BCUT2D eigenvalue weighted by atomic mass is 32.1. The molecule has 0 saturated heterocycles. The van der Waals surface area contributed by atoms with E-state index in [1.807, 2.05) is 0 Å². The molecule has 1 aromatic heterocycles. The van der Waals surface area contributed by atoms with Crippen molar-refractivity contribution in [1.82, 2.24) is 5.32 Å². The number of thiophene rings is 1. The van der Waals surface area contributed by atoms with Gasteiger partial charge < -0.3 is 10.1 Å². The average Bonchev–Trinajstić information content (AvgIpc) is 2.82. The smallest absolute Gasteiger partial charge is 0.124 e. The molecule has 0 bridgehead atoms. The number of benzene rings is 1. The highest BCUT2D eigenvalue weighted by molar-refractivity contribution is 7.10. The van der Waals surface area contributed by atoms with E-state index in [1.54, 1.807) is 18.4 Å². The molecule has 0 fully saturated rings. The van der Waals surface area contributed by atoms with Crippen LogP contribution in [0, 0.1) is 13.8 Å². The molecule has 102 valence electrons. The molecule has 1 heterocycles. The first kappa shape index (κ1) is 14.1. The van der Waals surface area contributed by atoms with Crippen molar-refractivity contribution in [2.75, 3.05) is 13.7 Å². The second kappa shape index (κ2) is 6.22. The van der Waals surface area contributed by atoms with Crippen molar-refractivity contribution in [2.45, 2.75) is 26.8 Å². The van der Waals surface area contributed by atoms with Crippen LogP contribution in [0.2, 0.25) is 0 Å². The van der Waals surface area contributed by atoms with Gasteiger partial charge in [-0.25, -0.2) is 0 Å². The standard InChI is InChI=1S/C16H21NOS/c1-5-17-16(13-8-9-19-12(13)3)14-7-6-11(2)10-15(14)18-4/h6-10,16-17H,5H2,1-4H3. The Kier molecular flexibility index (Phi) is 4.61.